The molecular formula is C24H47N2O+. The molecule has 158 valence electrons. The zero-order valence-electron chi connectivity index (χ0n) is 18.4. The van der Waals surface area contributed by atoms with Crippen LogP contribution in [-0.2, 0) is 0 Å². The lowest BCUT2D eigenvalue weighted by Crippen LogP contribution is -2.53. The number of nitrogens with zero attached hydrogens (tertiary/aromatic N) is 2. The maximum atomic E-state index is 9.37. The topological polar surface area (TPSA) is 32.6 Å². The Morgan fingerprint density at radius 3 is 2.07 bits per heavy atom. The number of hydrogen-bond acceptors (Lipinski definition) is 2. The molecule has 0 aromatic rings. The molecule has 0 aromatic carbocycles. The van der Waals surface area contributed by atoms with Crippen LogP contribution in [0.25, 0.3) is 0 Å². The number of aliphatic hydroxyl groups excluding tert-OH is 1. The number of quaternary nitrogens is 1. The van der Waals surface area contributed by atoms with Crippen LogP contribution in [0.15, 0.2) is 17.1 Å². The summed E-state index contributed by atoms with van der Waals surface area (Å²) in [6.45, 7) is 7.72. The van der Waals surface area contributed by atoms with Gasteiger partial charge in [0.1, 0.15) is 13.1 Å². The molecule has 1 rings (SSSR count). The first-order valence-corrected chi connectivity index (χ1v) is 11.9. The van der Waals surface area contributed by atoms with Crippen LogP contribution >= 0.6 is 0 Å². The van der Waals surface area contributed by atoms with Gasteiger partial charge in [-0.2, -0.15) is 0 Å². The Balaban J connectivity index is 1.94. The van der Waals surface area contributed by atoms with E-state index in [0.29, 0.717) is 6.17 Å². The van der Waals surface area contributed by atoms with Crippen LogP contribution < -0.4 is 0 Å². The standard InChI is InChI=1S/C24H47N2O/c1-3-5-6-7-8-9-10-11-12-13-14-15-16-17-18-19-24-25-20-21-26(24,4-2)22-23-27/h13-14,20,24,27H,3-12,15-19,21-23H2,1-2H3/q+1/b14-13+. The van der Waals surface area contributed by atoms with Crippen molar-refractivity contribution in [1.82, 2.24) is 0 Å². The van der Waals surface area contributed by atoms with Crippen molar-refractivity contribution in [3.8, 4) is 0 Å². The van der Waals surface area contributed by atoms with E-state index in [-0.39, 0.29) is 6.61 Å². The summed E-state index contributed by atoms with van der Waals surface area (Å²) in [5.41, 5.74) is 0. The molecular weight excluding hydrogens is 332 g/mol. The molecule has 0 bridgehead atoms. The third kappa shape index (κ3) is 10.4. The van der Waals surface area contributed by atoms with Gasteiger partial charge in [-0.1, -0.05) is 70.4 Å². The fourth-order valence-corrected chi connectivity index (χ4v) is 4.28. The third-order valence-corrected chi connectivity index (χ3v) is 6.25. The Morgan fingerprint density at radius 2 is 1.48 bits per heavy atom. The Morgan fingerprint density at radius 1 is 0.889 bits per heavy atom. The molecule has 1 aliphatic heterocycles. The highest BCUT2D eigenvalue weighted by molar-refractivity contribution is 5.60. The molecule has 0 radical (unpaired) electrons. The van der Waals surface area contributed by atoms with Gasteiger partial charge in [-0.15, -0.1) is 0 Å². The lowest BCUT2D eigenvalue weighted by atomic mass is 10.1. The zero-order chi connectivity index (χ0) is 19.6. The summed E-state index contributed by atoms with van der Waals surface area (Å²) >= 11 is 0. The number of rotatable bonds is 18. The predicted octanol–water partition coefficient (Wildman–Crippen LogP) is 6.26. The molecule has 2 unspecified atom stereocenters. The summed E-state index contributed by atoms with van der Waals surface area (Å²) in [5.74, 6) is 0. The Kier molecular flexibility index (Phi) is 14.7. The molecule has 1 aliphatic rings. The number of likely N-dealkylation sites (N-methyl/N-ethyl adjacent to an activating group) is 1. The Labute approximate surface area is 169 Å². The van der Waals surface area contributed by atoms with Crippen molar-refractivity contribution < 1.29 is 9.59 Å². The lowest BCUT2D eigenvalue weighted by molar-refractivity contribution is -0.936. The van der Waals surface area contributed by atoms with Crippen molar-refractivity contribution in [2.24, 2.45) is 4.99 Å². The van der Waals surface area contributed by atoms with E-state index in [1.54, 1.807) is 0 Å². The normalized spacial score (nSPS) is 22.3. The van der Waals surface area contributed by atoms with E-state index in [1.807, 2.05) is 0 Å². The molecule has 2 atom stereocenters. The highest BCUT2D eigenvalue weighted by Crippen LogP contribution is 2.23. The minimum atomic E-state index is 0.275. The van der Waals surface area contributed by atoms with Crippen LogP contribution in [0, 0.1) is 0 Å². The molecule has 3 nitrogen and oxygen atoms in total. The van der Waals surface area contributed by atoms with Gasteiger partial charge >= 0.3 is 0 Å². The van der Waals surface area contributed by atoms with Gasteiger partial charge in [-0.3, -0.25) is 4.48 Å². The fourth-order valence-electron chi connectivity index (χ4n) is 4.28. The van der Waals surface area contributed by atoms with Crippen LogP contribution in [0.5, 0.6) is 0 Å². The molecule has 1 N–H and O–H groups in total. The average Bonchev–Trinajstić information content (AvgIpc) is 3.08. The van der Waals surface area contributed by atoms with Gasteiger partial charge in [0.05, 0.1) is 19.4 Å². The number of aliphatic imine (C=N–C) groups is 1. The van der Waals surface area contributed by atoms with E-state index in [0.717, 1.165) is 24.1 Å². The SMILES string of the molecule is CCCCCCCCCC/C=C/CCCCCC1N=CC[N+]1(CC)CCO. The van der Waals surface area contributed by atoms with Crippen molar-refractivity contribution in [3.63, 3.8) is 0 Å². The van der Waals surface area contributed by atoms with Gasteiger partial charge < -0.3 is 5.11 Å². The predicted molar refractivity (Wildman–Crippen MR) is 119 cm³/mol. The molecule has 3 heteroatoms. The third-order valence-electron chi connectivity index (χ3n) is 6.25. The minimum absolute atomic E-state index is 0.275. The smallest absolute Gasteiger partial charge is 0.182 e. The van der Waals surface area contributed by atoms with Crippen molar-refractivity contribution in [1.29, 1.82) is 0 Å². The summed E-state index contributed by atoms with van der Waals surface area (Å²) in [4.78, 5) is 4.70. The van der Waals surface area contributed by atoms with E-state index in [2.05, 4.69) is 32.2 Å². The van der Waals surface area contributed by atoms with E-state index < -0.39 is 0 Å². The number of unbranched alkanes of at least 4 members (excludes halogenated alkanes) is 11. The van der Waals surface area contributed by atoms with Gasteiger partial charge in [-0.05, 0) is 39.0 Å². The highest BCUT2D eigenvalue weighted by Gasteiger charge is 2.36. The van der Waals surface area contributed by atoms with Gasteiger partial charge in [0.15, 0.2) is 6.17 Å². The molecule has 0 aromatic heterocycles. The van der Waals surface area contributed by atoms with E-state index in [4.69, 9.17) is 4.99 Å². The van der Waals surface area contributed by atoms with Crippen LogP contribution in [0.2, 0.25) is 0 Å². The maximum Gasteiger partial charge on any atom is 0.182 e. The second-order valence-electron chi connectivity index (χ2n) is 8.35. The van der Waals surface area contributed by atoms with Crippen LogP contribution in [0.1, 0.15) is 104 Å². The van der Waals surface area contributed by atoms with Crippen molar-refractivity contribution in [3.05, 3.63) is 12.2 Å². The van der Waals surface area contributed by atoms with Crippen LogP contribution in [0.4, 0.5) is 0 Å². The number of hydrogen-bond donors (Lipinski definition) is 1. The van der Waals surface area contributed by atoms with E-state index in [1.165, 1.54) is 89.9 Å². The second kappa shape index (κ2) is 16.3. The van der Waals surface area contributed by atoms with Gasteiger partial charge in [0.2, 0.25) is 0 Å². The molecule has 0 fully saturated rings. The highest BCUT2D eigenvalue weighted by atomic mass is 16.3. The summed E-state index contributed by atoms with van der Waals surface area (Å²) in [5, 5.41) is 9.37. The van der Waals surface area contributed by atoms with E-state index in [9.17, 15) is 5.11 Å². The average molecular weight is 380 g/mol. The number of allylic oxidation sites excluding steroid dienone is 2. The first kappa shape index (κ1) is 24.4. The Bertz CT molecular complexity index is 394. The second-order valence-corrected chi connectivity index (χ2v) is 8.35. The van der Waals surface area contributed by atoms with Crippen LogP contribution in [0.3, 0.4) is 0 Å². The summed E-state index contributed by atoms with van der Waals surface area (Å²) in [6.07, 6.45) is 26.1. The monoisotopic (exact) mass is 379 g/mol. The van der Waals surface area contributed by atoms with Crippen molar-refractivity contribution in [2.75, 3.05) is 26.2 Å². The largest absolute Gasteiger partial charge is 0.391 e. The summed E-state index contributed by atoms with van der Waals surface area (Å²) in [7, 11) is 0. The molecule has 0 saturated heterocycles. The first-order chi connectivity index (χ1) is 13.3. The fraction of sp³-hybridized carbons (Fsp3) is 0.875. The van der Waals surface area contributed by atoms with Crippen LogP contribution in [-0.4, -0.2) is 48.2 Å². The minimum Gasteiger partial charge on any atom is -0.391 e. The molecule has 1 heterocycles. The van der Waals surface area contributed by atoms with Gasteiger partial charge in [-0.25, -0.2) is 4.99 Å². The van der Waals surface area contributed by atoms with E-state index >= 15 is 0 Å². The van der Waals surface area contributed by atoms with Crippen molar-refractivity contribution in [2.45, 2.75) is 110 Å². The Hall–Kier alpha value is -0.670. The summed E-state index contributed by atoms with van der Waals surface area (Å²) in [6, 6.07) is 0. The number of aliphatic hydroxyl groups is 1. The van der Waals surface area contributed by atoms with Gasteiger partial charge in [0.25, 0.3) is 0 Å². The quantitative estimate of drug-likeness (QED) is 0.170. The van der Waals surface area contributed by atoms with Crippen molar-refractivity contribution >= 4 is 6.21 Å². The van der Waals surface area contributed by atoms with Gasteiger partial charge in [0, 0.05) is 6.42 Å². The molecule has 27 heavy (non-hydrogen) atoms. The molecule has 0 aliphatic carbocycles. The lowest BCUT2D eigenvalue weighted by Gasteiger charge is -2.37. The first-order valence-electron chi connectivity index (χ1n) is 11.9. The summed E-state index contributed by atoms with van der Waals surface area (Å²) < 4.78 is 0.967. The maximum absolute atomic E-state index is 9.37. The molecule has 0 saturated carbocycles. The molecule has 0 spiro atoms. The zero-order valence-corrected chi connectivity index (χ0v) is 18.4. The molecule has 0 amide bonds.